The molecule has 1 unspecified atom stereocenters. The number of nitrogens with zero attached hydrogens (tertiary/aromatic N) is 2. The summed E-state index contributed by atoms with van der Waals surface area (Å²) in [5.74, 6) is 0. The number of hydrogen-bond donors (Lipinski definition) is 2. The smallest absolute Gasteiger partial charge is 0.407 e. The van der Waals surface area contributed by atoms with Gasteiger partial charge in [-0.3, -0.25) is 4.90 Å². The first-order valence-electron chi connectivity index (χ1n) is 5.20. The molecule has 5 nitrogen and oxygen atoms in total. The summed E-state index contributed by atoms with van der Waals surface area (Å²) in [4.78, 5) is 14.6. The molecule has 5 heteroatoms. The van der Waals surface area contributed by atoms with Crippen molar-refractivity contribution in [1.29, 1.82) is 0 Å². The highest BCUT2D eigenvalue weighted by Crippen LogP contribution is 2.15. The molecule has 0 aromatic heterocycles. The largest absolute Gasteiger partial charge is 0.465 e. The lowest BCUT2D eigenvalue weighted by Gasteiger charge is -2.32. The van der Waals surface area contributed by atoms with E-state index < -0.39 is 6.09 Å². The second-order valence-corrected chi connectivity index (χ2v) is 3.96. The lowest BCUT2D eigenvalue weighted by molar-refractivity contribution is 0.142. The number of nitrogens with one attached hydrogen (secondary N) is 1. The molecule has 80 valence electrons. The van der Waals surface area contributed by atoms with Crippen molar-refractivity contribution in [3.63, 3.8) is 0 Å². The highest BCUT2D eigenvalue weighted by atomic mass is 16.4. The van der Waals surface area contributed by atoms with Crippen LogP contribution in [-0.2, 0) is 0 Å². The van der Waals surface area contributed by atoms with Gasteiger partial charge in [0.1, 0.15) is 0 Å². The lowest BCUT2D eigenvalue weighted by atomic mass is 10.2. The van der Waals surface area contributed by atoms with Crippen molar-refractivity contribution in [3.05, 3.63) is 0 Å². The zero-order valence-corrected chi connectivity index (χ0v) is 8.28. The monoisotopic (exact) mass is 199 g/mol. The molecule has 2 aliphatic rings. The SMILES string of the molecule is O=C(O)N1CCC(N2CCNCC2)C1. The summed E-state index contributed by atoms with van der Waals surface area (Å²) >= 11 is 0. The summed E-state index contributed by atoms with van der Waals surface area (Å²) in [5.41, 5.74) is 0. The molecule has 0 aliphatic carbocycles. The quantitative estimate of drug-likeness (QED) is 0.606. The zero-order chi connectivity index (χ0) is 9.97. The minimum absolute atomic E-state index is 0.452. The van der Waals surface area contributed by atoms with Gasteiger partial charge in [-0.1, -0.05) is 0 Å². The number of likely N-dealkylation sites (tertiary alicyclic amines) is 1. The summed E-state index contributed by atoms with van der Waals surface area (Å²) in [6, 6.07) is 0.452. The molecular formula is C9H17N3O2. The third-order valence-electron chi connectivity index (χ3n) is 3.10. The number of piperazine rings is 1. The fourth-order valence-corrected chi connectivity index (χ4v) is 2.26. The normalized spacial score (nSPS) is 29.4. The van der Waals surface area contributed by atoms with Gasteiger partial charge >= 0.3 is 6.09 Å². The average molecular weight is 199 g/mol. The summed E-state index contributed by atoms with van der Waals surface area (Å²) in [6.07, 6.45) is 0.217. The summed E-state index contributed by atoms with van der Waals surface area (Å²) in [6.45, 7) is 5.56. The first-order chi connectivity index (χ1) is 6.77. The molecule has 2 aliphatic heterocycles. The third kappa shape index (κ3) is 1.99. The van der Waals surface area contributed by atoms with Gasteiger partial charge in [-0.25, -0.2) is 4.79 Å². The van der Waals surface area contributed by atoms with E-state index in [1.807, 2.05) is 0 Å². The van der Waals surface area contributed by atoms with Crippen molar-refractivity contribution < 1.29 is 9.90 Å². The van der Waals surface area contributed by atoms with Crippen LogP contribution in [0.1, 0.15) is 6.42 Å². The number of hydrogen-bond acceptors (Lipinski definition) is 3. The summed E-state index contributed by atoms with van der Waals surface area (Å²) < 4.78 is 0. The van der Waals surface area contributed by atoms with Crippen LogP contribution in [0.5, 0.6) is 0 Å². The van der Waals surface area contributed by atoms with Gasteiger partial charge in [0.25, 0.3) is 0 Å². The molecule has 0 spiro atoms. The Kier molecular flexibility index (Phi) is 2.88. The van der Waals surface area contributed by atoms with Crippen molar-refractivity contribution in [2.24, 2.45) is 0 Å². The van der Waals surface area contributed by atoms with E-state index in [0.29, 0.717) is 19.1 Å². The molecule has 0 radical (unpaired) electrons. The molecule has 1 atom stereocenters. The maximum Gasteiger partial charge on any atom is 0.407 e. The van der Waals surface area contributed by atoms with Crippen LogP contribution >= 0.6 is 0 Å². The molecule has 2 fully saturated rings. The van der Waals surface area contributed by atoms with E-state index in [1.165, 1.54) is 4.90 Å². The van der Waals surface area contributed by atoms with Gasteiger partial charge in [-0.05, 0) is 6.42 Å². The Morgan fingerprint density at radius 1 is 1.29 bits per heavy atom. The van der Waals surface area contributed by atoms with Crippen molar-refractivity contribution in [3.8, 4) is 0 Å². The van der Waals surface area contributed by atoms with Gasteiger partial charge < -0.3 is 15.3 Å². The van der Waals surface area contributed by atoms with E-state index in [0.717, 1.165) is 32.6 Å². The van der Waals surface area contributed by atoms with Crippen molar-refractivity contribution >= 4 is 6.09 Å². The van der Waals surface area contributed by atoms with E-state index in [9.17, 15) is 4.79 Å². The van der Waals surface area contributed by atoms with E-state index in [-0.39, 0.29) is 0 Å². The predicted octanol–water partition coefficient (Wildman–Crippen LogP) is -0.356. The van der Waals surface area contributed by atoms with Crippen LogP contribution in [0.2, 0.25) is 0 Å². The maximum absolute atomic E-state index is 10.7. The molecular weight excluding hydrogens is 182 g/mol. The van der Waals surface area contributed by atoms with Crippen LogP contribution in [0.3, 0.4) is 0 Å². The van der Waals surface area contributed by atoms with Crippen LogP contribution in [0, 0.1) is 0 Å². The Hall–Kier alpha value is -0.810. The molecule has 2 heterocycles. The van der Waals surface area contributed by atoms with Gasteiger partial charge in [0.2, 0.25) is 0 Å². The average Bonchev–Trinajstić information content (AvgIpc) is 2.68. The second kappa shape index (κ2) is 4.14. The first-order valence-corrected chi connectivity index (χ1v) is 5.20. The standard InChI is InChI=1S/C9H17N3O2/c13-9(14)12-4-1-8(7-12)11-5-2-10-3-6-11/h8,10H,1-7H2,(H,13,14). The number of carboxylic acid groups (broad SMARTS) is 1. The fourth-order valence-electron chi connectivity index (χ4n) is 2.26. The van der Waals surface area contributed by atoms with Gasteiger partial charge in [0, 0.05) is 45.3 Å². The van der Waals surface area contributed by atoms with Crippen LogP contribution < -0.4 is 5.32 Å². The number of amides is 1. The highest BCUT2D eigenvalue weighted by molar-refractivity contribution is 5.65. The minimum Gasteiger partial charge on any atom is -0.465 e. The molecule has 0 saturated carbocycles. The van der Waals surface area contributed by atoms with Crippen LogP contribution in [0.15, 0.2) is 0 Å². The zero-order valence-electron chi connectivity index (χ0n) is 8.28. The topological polar surface area (TPSA) is 55.8 Å². The highest BCUT2D eigenvalue weighted by Gasteiger charge is 2.30. The Labute approximate surface area is 83.7 Å². The minimum atomic E-state index is -0.775. The van der Waals surface area contributed by atoms with Gasteiger partial charge in [0.15, 0.2) is 0 Å². The fraction of sp³-hybridized carbons (Fsp3) is 0.889. The molecule has 0 aromatic carbocycles. The lowest BCUT2D eigenvalue weighted by Crippen LogP contribution is -2.49. The summed E-state index contributed by atoms with van der Waals surface area (Å²) in [5, 5.41) is 12.1. The third-order valence-corrected chi connectivity index (χ3v) is 3.10. The van der Waals surface area contributed by atoms with E-state index in [4.69, 9.17) is 5.11 Å². The van der Waals surface area contributed by atoms with Gasteiger partial charge in [0.05, 0.1) is 0 Å². The van der Waals surface area contributed by atoms with Crippen LogP contribution in [0.4, 0.5) is 4.79 Å². The van der Waals surface area contributed by atoms with E-state index >= 15 is 0 Å². The summed E-state index contributed by atoms with van der Waals surface area (Å²) in [7, 11) is 0. The second-order valence-electron chi connectivity index (χ2n) is 3.96. The molecule has 2 saturated heterocycles. The van der Waals surface area contributed by atoms with E-state index in [2.05, 4.69) is 10.2 Å². The molecule has 1 amide bonds. The molecule has 14 heavy (non-hydrogen) atoms. The predicted molar refractivity (Wildman–Crippen MR) is 52.4 cm³/mol. The maximum atomic E-state index is 10.7. The molecule has 0 aromatic rings. The number of rotatable bonds is 1. The molecule has 2 N–H and O–H groups in total. The first kappa shape index (κ1) is 9.73. The molecule has 0 bridgehead atoms. The van der Waals surface area contributed by atoms with Crippen molar-refractivity contribution in [2.75, 3.05) is 39.3 Å². The van der Waals surface area contributed by atoms with Gasteiger partial charge in [-0.2, -0.15) is 0 Å². The van der Waals surface area contributed by atoms with E-state index in [1.54, 1.807) is 0 Å². The Balaban J connectivity index is 1.85. The molecule has 2 rings (SSSR count). The van der Waals surface area contributed by atoms with Crippen LogP contribution in [-0.4, -0.2) is 66.3 Å². The Morgan fingerprint density at radius 2 is 2.00 bits per heavy atom. The Morgan fingerprint density at radius 3 is 2.57 bits per heavy atom. The number of carbonyl (C=O) groups is 1. The van der Waals surface area contributed by atoms with Gasteiger partial charge in [-0.15, -0.1) is 0 Å². The van der Waals surface area contributed by atoms with Crippen molar-refractivity contribution in [2.45, 2.75) is 12.5 Å². The van der Waals surface area contributed by atoms with Crippen LogP contribution in [0.25, 0.3) is 0 Å². The van der Waals surface area contributed by atoms with Crippen molar-refractivity contribution in [1.82, 2.24) is 15.1 Å². The Bertz CT molecular complexity index is 216.